The Kier molecular flexibility index (Phi) is 5.28. The van der Waals surface area contributed by atoms with Crippen LogP contribution in [-0.4, -0.2) is 18.9 Å². The molecule has 0 radical (unpaired) electrons. The molecular weight excluding hydrogens is 474 g/mol. The maximum atomic E-state index is 12.8. The number of nitrogens with two attached hydrogens (primary N) is 1. The number of carbonyl (C=O) groups is 1. The number of primary sulfonamides is 1. The van der Waals surface area contributed by atoms with Crippen LogP contribution in [0.5, 0.6) is 0 Å². The van der Waals surface area contributed by atoms with Gasteiger partial charge in [0.1, 0.15) is 11.5 Å². The smallest absolute Gasteiger partial charge is 0.238 e. The van der Waals surface area contributed by atoms with E-state index < -0.39 is 10.0 Å². The highest BCUT2D eigenvalue weighted by Gasteiger charge is 2.30. The lowest BCUT2D eigenvalue weighted by atomic mass is 9.93. The van der Waals surface area contributed by atoms with E-state index in [2.05, 4.69) is 34.3 Å². The topological polar surface area (TPSA) is 107 Å². The summed E-state index contributed by atoms with van der Waals surface area (Å²) in [6.45, 7) is 0.710. The molecule has 3 N–H and O–H groups in total. The standard InChI is InChI=1S/C28H23N3O4S/c29-36(33,34)20-11-9-19(10-12-20)25-13-14-26(35-25)21-15-27(32)30-23-7-4-8-24-28(23)22(21)17-31(24)16-18-5-2-1-3-6-18/h1-14,17,21H,15-16H2,(H,30,32)(H2,29,33,34). The molecule has 1 amide bonds. The molecule has 1 aliphatic heterocycles. The number of carbonyl (C=O) groups excluding carboxylic acids is 1. The van der Waals surface area contributed by atoms with Crippen LogP contribution in [0.15, 0.2) is 100 Å². The van der Waals surface area contributed by atoms with Crippen molar-refractivity contribution in [3.05, 3.63) is 108 Å². The minimum Gasteiger partial charge on any atom is -0.460 e. The molecular formula is C28H23N3O4S. The molecule has 180 valence electrons. The number of sulfonamides is 1. The van der Waals surface area contributed by atoms with Crippen LogP contribution in [0, 0.1) is 0 Å². The van der Waals surface area contributed by atoms with Crippen molar-refractivity contribution in [3.8, 4) is 11.3 Å². The first-order valence-corrected chi connectivity index (χ1v) is 13.1. The van der Waals surface area contributed by atoms with Crippen molar-refractivity contribution < 1.29 is 17.6 Å². The van der Waals surface area contributed by atoms with Crippen molar-refractivity contribution in [1.29, 1.82) is 0 Å². The van der Waals surface area contributed by atoms with Gasteiger partial charge >= 0.3 is 0 Å². The fourth-order valence-electron chi connectivity index (χ4n) is 4.92. The Labute approximate surface area is 208 Å². The fraction of sp³-hybridized carbons (Fsp3) is 0.107. The number of aromatic nitrogens is 1. The van der Waals surface area contributed by atoms with E-state index in [1.54, 1.807) is 12.1 Å². The van der Waals surface area contributed by atoms with Gasteiger partial charge in [-0.2, -0.15) is 0 Å². The molecule has 1 atom stereocenters. The van der Waals surface area contributed by atoms with Gasteiger partial charge in [0, 0.05) is 30.1 Å². The van der Waals surface area contributed by atoms with E-state index >= 15 is 0 Å². The molecule has 3 heterocycles. The lowest BCUT2D eigenvalue weighted by Gasteiger charge is -2.11. The van der Waals surface area contributed by atoms with E-state index in [1.807, 2.05) is 42.5 Å². The number of anilines is 1. The fourth-order valence-corrected chi connectivity index (χ4v) is 5.43. The lowest BCUT2D eigenvalue weighted by molar-refractivity contribution is -0.116. The summed E-state index contributed by atoms with van der Waals surface area (Å²) in [5.74, 6) is 0.911. The molecule has 1 aliphatic rings. The van der Waals surface area contributed by atoms with E-state index in [0.29, 0.717) is 18.1 Å². The van der Waals surface area contributed by atoms with Gasteiger partial charge in [0.25, 0.3) is 0 Å². The van der Waals surface area contributed by atoms with Crippen molar-refractivity contribution in [1.82, 2.24) is 4.57 Å². The average Bonchev–Trinajstić information content (AvgIpc) is 3.46. The molecule has 0 fully saturated rings. The summed E-state index contributed by atoms with van der Waals surface area (Å²) in [4.78, 5) is 12.9. The summed E-state index contributed by atoms with van der Waals surface area (Å²) in [7, 11) is -3.77. The van der Waals surface area contributed by atoms with Crippen LogP contribution in [0.1, 0.15) is 29.2 Å². The van der Waals surface area contributed by atoms with Crippen molar-refractivity contribution in [2.45, 2.75) is 23.8 Å². The molecule has 0 spiro atoms. The number of nitrogens with one attached hydrogen (secondary N) is 1. The normalized spacial score (nSPS) is 15.6. The van der Waals surface area contributed by atoms with Crippen molar-refractivity contribution in [2.24, 2.45) is 5.14 Å². The van der Waals surface area contributed by atoms with E-state index in [-0.39, 0.29) is 23.1 Å². The van der Waals surface area contributed by atoms with Crippen molar-refractivity contribution in [2.75, 3.05) is 5.32 Å². The molecule has 2 aromatic heterocycles. The number of benzene rings is 3. The van der Waals surface area contributed by atoms with E-state index in [1.165, 1.54) is 17.7 Å². The molecule has 0 saturated carbocycles. The van der Waals surface area contributed by atoms with Gasteiger partial charge < -0.3 is 14.3 Å². The van der Waals surface area contributed by atoms with E-state index in [0.717, 1.165) is 27.7 Å². The van der Waals surface area contributed by atoms with Gasteiger partial charge in [-0.15, -0.1) is 0 Å². The molecule has 3 aromatic carbocycles. The largest absolute Gasteiger partial charge is 0.460 e. The first-order chi connectivity index (χ1) is 17.4. The Bertz CT molecular complexity index is 1700. The minimum atomic E-state index is -3.77. The molecule has 1 unspecified atom stereocenters. The lowest BCUT2D eigenvalue weighted by Crippen LogP contribution is -2.13. The molecule has 8 heteroatoms. The van der Waals surface area contributed by atoms with Crippen LogP contribution >= 0.6 is 0 Å². The quantitative estimate of drug-likeness (QED) is 0.353. The second-order valence-electron chi connectivity index (χ2n) is 8.97. The second-order valence-corrected chi connectivity index (χ2v) is 10.5. The number of nitrogens with zero attached hydrogens (tertiary/aromatic N) is 1. The van der Waals surface area contributed by atoms with Crippen LogP contribution in [0.4, 0.5) is 5.69 Å². The van der Waals surface area contributed by atoms with E-state index in [4.69, 9.17) is 9.56 Å². The first kappa shape index (κ1) is 22.3. The predicted octanol–water partition coefficient (Wildman–Crippen LogP) is 5.07. The SMILES string of the molecule is NS(=O)(=O)c1ccc(-c2ccc(C3CC(=O)Nc4cccc5c4c3cn5Cc3ccccc3)o2)cc1. The van der Waals surface area contributed by atoms with Gasteiger partial charge in [-0.3, -0.25) is 4.79 Å². The van der Waals surface area contributed by atoms with Crippen molar-refractivity contribution in [3.63, 3.8) is 0 Å². The Hall–Kier alpha value is -4.14. The number of furan rings is 1. The van der Waals surface area contributed by atoms with E-state index in [9.17, 15) is 13.2 Å². The third kappa shape index (κ3) is 4.00. The molecule has 6 rings (SSSR count). The van der Waals surface area contributed by atoms with Gasteiger partial charge in [0.15, 0.2) is 0 Å². The van der Waals surface area contributed by atoms with Crippen LogP contribution in [0.2, 0.25) is 0 Å². The monoisotopic (exact) mass is 497 g/mol. The van der Waals surface area contributed by atoms with Gasteiger partial charge in [-0.05, 0) is 59.7 Å². The Morgan fingerprint density at radius 3 is 2.47 bits per heavy atom. The zero-order chi connectivity index (χ0) is 24.9. The zero-order valence-corrected chi connectivity index (χ0v) is 20.0. The van der Waals surface area contributed by atoms with Gasteiger partial charge in [0.2, 0.25) is 15.9 Å². The summed E-state index contributed by atoms with van der Waals surface area (Å²) in [5.41, 5.74) is 4.78. The summed E-state index contributed by atoms with van der Waals surface area (Å²) < 4.78 is 31.6. The van der Waals surface area contributed by atoms with Crippen LogP contribution in [-0.2, 0) is 21.4 Å². The van der Waals surface area contributed by atoms with Crippen LogP contribution in [0.3, 0.4) is 0 Å². The summed E-state index contributed by atoms with van der Waals surface area (Å²) in [6.07, 6.45) is 2.37. The Balaban J connectivity index is 1.42. The highest BCUT2D eigenvalue weighted by Crippen LogP contribution is 2.42. The third-order valence-electron chi connectivity index (χ3n) is 6.61. The molecule has 0 bridgehead atoms. The number of hydrogen-bond acceptors (Lipinski definition) is 4. The third-order valence-corrected chi connectivity index (χ3v) is 7.54. The van der Waals surface area contributed by atoms with Crippen LogP contribution < -0.4 is 10.5 Å². The summed E-state index contributed by atoms with van der Waals surface area (Å²) in [6, 6.07) is 26.2. The highest BCUT2D eigenvalue weighted by molar-refractivity contribution is 7.89. The maximum absolute atomic E-state index is 12.8. The predicted molar refractivity (Wildman–Crippen MR) is 138 cm³/mol. The Morgan fingerprint density at radius 2 is 1.72 bits per heavy atom. The average molecular weight is 498 g/mol. The Morgan fingerprint density at radius 1 is 0.944 bits per heavy atom. The second kappa shape index (κ2) is 8.51. The van der Waals surface area contributed by atoms with Gasteiger partial charge in [-0.25, -0.2) is 13.6 Å². The molecule has 0 aliphatic carbocycles. The minimum absolute atomic E-state index is 0.0391. The summed E-state index contributed by atoms with van der Waals surface area (Å²) in [5, 5.41) is 9.28. The van der Waals surface area contributed by atoms with Crippen LogP contribution in [0.25, 0.3) is 22.2 Å². The number of hydrogen-bond donors (Lipinski definition) is 2. The van der Waals surface area contributed by atoms with Crippen molar-refractivity contribution >= 4 is 32.5 Å². The first-order valence-electron chi connectivity index (χ1n) is 11.6. The van der Waals surface area contributed by atoms with Gasteiger partial charge in [0.05, 0.1) is 22.0 Å². The molecule has 5 aromatic rings. The molecule has 36 heavy (non-hydrogen) atoms. The molecule has 7 nitrogen and oxygen atoms in total. The number of rotatable bonds is 5. The summed E-state index contributed by atoms with van der Waals surface area (Å²) >= 11 is 0. The zero-order valence-electron chi connectivity index (χ0n) is 19.2. The number of amides is 1. The highest BCUT2D eigenvalue weighted by atomic mass is 32.2. The maximum Gasteiger partial charge on any atom is 0.238 e. The molecule has 0 saturated heterocycles. The van der Waals surface area contributed by atoms with Gasteiger partial charge in [-0.1, -0.05) is 36.4 Å².